The van der Waals surface area contributed by atoms with E-state index in [4.69, 9.17) is 27.7 Å². The Bertz CT molecular complexity index is 5610. The molecule has 4 aliphatic carbocycles. The Hall–Kier alpha value is -11.8. The van der Waals surface area contributed by atoms with Gasteiger partial charge in [-0.15, -0.1) is 0 Å². The van der Waals surface area contributed by atoms with Gasteiger partial charge in [-0.2, -0.15) is 0 Å². The molecule has 0 bridgehead atoms. The Kier molecular flexibility index (Phi) is 37.6. The Labute approximate surface area is 805 Å². The Morgan fingerprint density at radius 1 is 0.348 bits per heavy atom. The standard InChI is InChI=1S/C31H39N3O.C30H37N3O2.C30H37N3O.C27H35N3O/c1-5-8-23-11-13-24(14-12-23)25-15-17-26(18-16-25)34(20-29(32)21(3)6-2)31(35)28-19-27(28)30-10-7-9-22(4)33-30;1-5-21(4)28(31)19-33(30(34)27-18-26(27)29-8-6-7-17-32-29)24-13-9-22(10-14-24)23-11-15-25(16-12-23)35-20(2)3;1-4-8-22-10-12-23(13-11-22)24-14-16-25(17-15-24)33(20-28(31)21(3)5-2)30(34)27-19-26(27)29-9-6-7-18-32-29;1-5-7-8-11-21-13-15-22(16-14-21)30(18-25(28)19(3)6-2)27(31)24-17-23(24)26-12-9-10-20(4)29-26/h7,9-18,21,27-29H,5-6,8,19-20,32H2,1-4H3;6-17,20-21,26-28H,5,18-19,31H2,1-4H3;6-7,9-18,21,26-28H,4-5,8,19-20,31H2,1-3H3;9-10,12-16,19,23-25H,5-7,17-18,28H2,1-4H3/t21-,27-,28-,29+;2*21-,26+,27+,28+;19-,23+,24+,25+/m0000/s1. The van der Waals surface area contributed by atoms with Crippen LogP contribution in [0.2, 0.25) is 0 Å². The highest BCUT2D eigenvalue weighted by Gasteiger charge is 2.51. The van der Waals surface area contributed by atoms with Gasteiger partial charge in [-0.05, 0) is 262 Å². The molecule has 4 saturated carbocycles. The normalized spacial score (nSPS) is 18.8. The van der Waals surface area contributed by atoms with Crippen LogP contribution in [0.1, 0.15) is 242 Å². The van der Waals surface area contributed by atoms with Crippen LogP contribution in [-0.2, 0) is 32.0 Å². The fraction of sp³-hybridized carbons (Fsp3) is 0.424. The molecule has 4 aliphatic rings. The van der Waals surface area contributed by atoms with Crippen LogP contribution in [0.5, 0.6) is 5.75 Å². The molecule has 135 heavy (non-hydrogen) atoms. The molecule has 4 amide bonds. The highest BCUT2D eigenvalue weighted by atomic mass is 16.5. The summed E-state index contributed by atoms with van der Waals surface area (Å²) in [6.45, 7) is 33.9. The van der Waals surface area contributed by atoms with Crippen molar-refractivity contribution in [3.8, 4) is 51.0 Å². The Morgan fingerprint density at radius 2 is 0.630 bits per heavy atom. The number of nitrogens with two attached hydrogens (primary N) is 4. The number of anilines is 4. The van der Waals surface area contributed by atoms with E-state index >= 15 is 0 Å². The Morgan fingerprint density at radius 3 is 0.896 bits per heavy atom. The summed E-state index contributed by atoms with van der Waals surface area (Å²) in [5.41, 5.74) is 46.3. The average molecular weight is 1810 g/mol. The van der Waals surface area contributed by atoms with Crippen LogP contribution in [0, 0.1) is 73.0 Å². The monoisotopic (exact) mass is 1810 g/mol. The molecular weight excluding hydrogens is 1670 g/mol. The molecule has 7 aromatic carbocycles. The summed E-state index contributed by atoms with van der Waals surface area (Å²) in [5, 5.41) is 0. The SMILES string of the molecule is CCCC#Cc1ccc(N(C[C@@H](N)[C@@H](C)CC)C(=O)[C@@H]2C[C@H]2c2cccc(C)n2)cc1.CCCc1ccc(-c2ccc(N(C[C@@H](N)[C@@H](C)CC)C(=O)[C@@H]3C[C@H]3c3ccccn3)cc2)cc1.CCCc1ccc(-c2ccc(N(C[C@@H](N)[C@@H](C)CC)C(=O)[C@H]3C[C@@H]3c3cccc(C)n3)cc2)cc1.CC[C@H](C)[C@H](N)CN(C(=O)[C@@H]1C[C@H]1c1ccccn1)c1ccc(-c2ccc(OC(C)C)cc2)cc1. The molecule has 0 unspecified atom stereocenters. The van der Waals surface area contributed by atoms with Gasteiger partial charge in [0.2, 0.25) is 23.6 Å². The third-order valence-corrected chi connectivity index (χ3v) is 27.8. The first-order valence-corrected chi connectivity index (χ1v) is 50.0. The van der Waals surface area contributed by atoms with E-state index in [9.17, 15) is 19.2 Å². The van der Waals surface area contributed by atoms with Crippen molar-refractivity contribution < 1.29 is 23.9 Å². The van der Waals surface area contributed by atoms with Crippen molar-refractivity contribution in [2.45, 2.75) is 248 Å². The minimum atomic E-state index is -0.0795. The van der Waals surface area contributed by atoms with Crippen LogP contribution in [0.3, 0.4) is 0 Å². The topological polar surface area (TPSA) is 246 Å². The summed E-state index contributed by atoms with van der Waals surface area (Å²) in [7, 11) is 0. The number of benzene rings is 7. The minimum absolute atomic E-state index is 0.0233. The van der Waals surface area contributed by atoms with Gasteiger partial charge in [0.15, 0.2) is 0 Å². The molecule has 15 rings (SSSR count). The highest BCUT2D eigenvalue weighted by Crippen LogP contribution is 2.52. The largest absolute Gasteiger partial charge is 0.491 e. The van der Waals surface area contributed by atoms with Crippen molar-refractivity contribution in [3.63, 3.8) is 0 Å². The number of aromatic nitrogens is 4. The quantitative estimate of drug-likeness (QED) is 0.0263. The molecule has 17 nitrogen and oxygen atoms in total. The smallest absolute Gasteiger partial charge is 0.230 e. The van der Waals surface area contributed by atoms with E-state index in [0.29, 0.717) is 49.9 Å². The van der Waals surface area contributed by atoms with Crippen molar-refractivity contribution in [2.75, 3.05) is 45.8 Å². The number of carbonyl (C=O) groups excluding carboxylic acids is 4. The highest BCUT2D eigenvalue weighted by molar-refractivity contribution is 6.00. The number of hydrogen-bond donors (Lipinski definition) is 4. The van der Waals surface area contributed by atoms with Gasteiger partial charge in [0.25, 0.3) is 0 Å². The van der Waals surface area contributed by atoms with Crippen molar-refractivity contribution in [3.05, 3.63) is 306 Å². The van der Waals surface area contributed by atoms with Crippen LogP contribution >= 0.6 is 0 Å². The number of pyridine rings is 4. The van der Waals surface area contributed by atoms with Crippen LogP contribution in [0.25, 0.3) is 33.4 Å². The summed E-state index contributed by atoms with van der Waals surface area (Å²) >= 11 is 0. The van der Waals surface area contributed by atoms with E-state index in [0.717, 1.165) is 180 Å². The van der Waals surface area contributed by atoms with Gasteiger partial charge in [-0.25, -0.2) is 0 Å². The molecule has 0 aliphatic heterocycles. The van der Waals surface area contributed by atoms with Crippen LogP contribution < -0.4 is 47.3 Å². The zero-order valence-electron chi connectivity index (χ0n) is 82.7. The molecule has 8 N–H and O–H groups in total. The third-order valence-electron chi connectivity index (χ3n) is 27.8. The molecule has 0 saturated heterocycles. The number of aryl methyl sites for hydroxylation is 4. The lowest BCUT2D eigenvalue weighted by Crippen LogP contribution is -2.45. The zero-order valence-corrected chi connectivity index (χ0v) is 82.7. The van der Waals surface area contributed by atoms with Crippen molar-refractivity contribution in [1.82, 2.24) is 19.9 Å². The molecule has 0 radical (unpaired) electrons. The molecule has 16 atom stereocenters. The second kappa shape index (κ2) is 49.6. The van der Waals surface area contributed by atoms with Gasteiger partial charge in [0, 0.05) is 179 Å². The van der Waals surface area contributed by atoms with Gasteiger partial charge < -0.3 is 47.3 Å². The summed E-state index contributed by atoms with van der Waals surface area (Å²) in [6, 6.07) is 82.3. The lowest BCUT2D eigenvalue weighted by molar-refractivity contribution is -0.120. The maximum Gasteiger partial charge on any atom is 0.230 e. The number of carbonyl (C=O) groups is 4. The van der Waals surface area contributed by atoms with Gasteiger partial charge in [0.05, 0.1) is 6.10 Å². The lowest BCUT2D eigenvalue weighted by Gasteiger charge is -2.29. The van der Waals surface area contributed by atoms with Gasteiger partial charge in [-0.3, -0.25) is 39.1 Å². The Balaban J connectivity index is 0.000000162. The molecular formula is C118H148N12O5. The lowest BCUT2D eigenvalue weighted by atomic mass is 9.98. The zero-order chi connectivity index (χ0) is 96.4. The van der Waals surface area contributed by atoms with E-state index < -0.39 is 0 Å². The fourth-order valence-electron chi connectivity index (χ4n) is 17.6. The van der Waals surface area contributed by atoms with E-state index in [-0.39, 0.29) is 101 Å². The second-order valence-electron chi connectivity index (χ2n) is 38.5. The number of rotatable bonds is 38. The predicted octanol–water partition coefficient (Wildman–Crippen LogP) is 23.8. The molecule has 710 valence electrons. The number of ether oxygens (including phenoxy) is 1. The van der Waals surface area contributed by atoms with Crippen LogP contribution in [0.4, 0.5) is 22.7 Å². The van der Waals surface area contributed by atoms with Crippen LogP contribution in [0.15, 0.2) is 255 Å². The summed E-state index contributed by atoms with van der Waals surface area (Å²) in [5.74, 6) is 9.91. The number of unbranched alkanes of at least 4 members (excludes halogenated alkanes) is 1. The molecule has 11 aromatic rings. The van der Waals surface area contributed by atoms with E-state index in [1.807, 2.05) is 169 Å². The number of nitrogens with zero attached hydrogens (tertiary/aromatic N) is 8. The van der Waals surface area contributed by atoms with Gasteiger partial charge in [0.1, 0.15) is 5.75 Å². The van der Waals surface area contributed by atoms with E-state index in [1.165, 1.54) is 22.3 Å². The first-order chi connectivity index (χ1) is 65.2. The van der Waals surface area contributed by atoms with Crippen molar-refractivity contribution in [1.29, 1.82) is 0 Å². The number of amides is 4. The minimum Gasteiger partial charge on any atom is -0.491 e. The number of hydrogen-bond acceptors (Lipinski definition) is 13. The van der Waals surface area contributed by atoms with Crippen molar-refractivity contribution >= 4 is 46.4 Å². The molecule has 4 fully saturated rings. The summed E-state index contributed by atoms with van der Waals surface area (Å²) in [4.78, 5) is 80.4. The van der Waals surface area contributed by atoms with E-state index in [1.54, 1.807) is 12.4 Å². The summed E-state index contributed by atoms with van der Waals surface area (Å²) in [6.07, 6.45) is 17.6. The van der Waals surface area contributed by atoms with Gasteiger partial charge in [-0.1, -0.05) is 248 Å². The van der Waals surface area contributed by atoms with Crippen LogP contribution in [-0.4, -0.2) is 100 Å². The summed E-state index contributed by atoms with van der Waals surface area (Å²) < 4.78 is 5.76. The predicted molar refractivity (Wildman–Crippen MR) is 557 cm³/mol. The maximum absolute atomic E-state index is 13.7. The molecule has 4 aromatic heterocycles. The van der Waals surface area contributed by atoms with Crippen molar-refractivity contribution in [2.24, 2.45) is 70.3 Å². The fourth-order valence-corrected chi connectivity index (χ4v) is 17.6. The maximum atomic E-state index is 13.7. The molecule has 17 heteroatoms. The third kappa shape index (κ3) is 28.4. The van der Waals surface area contributed by atoms with E-state index in [2.05, 4.69) is 229 Å². The first-order valence-electron chi connectivity index (χ1n) is 50.0. The molecule has 0 spiro atoms. The first kappa shape index (κ1) is 102. The second-order valence-corrected chi connectivity index (χ2v) is 38.5. The molecule has 4 heterocycles. The average Bonchev–Trinajstić information content (AvgIpc) is 1.64. The van der Waals surface area contributed by atoms with Gasteiger partial charge >= 0.3 is 0 Å².